The van der Waals surface area contributed by atoms with E-state index in [9.17, 15) is 13.2 Å². The fourth-order valence-corrected chi connectivity index (χ4v) is 2.25. The standard InChI is InChI=1S/C7HCl2F3N2S/c8-2-1-3(7(10,11)12)13-5-4(2)15-6(9)14-5/h1H. The van der Waals surface area contributed by atoms with Crippen molar-refractivity contribution in [2.45, 2.75) is 6.18 Å². The monoisotopic (exact) mass is 272 g/mol. The van der Waals surface area contributed by atoms with Crippen molar-refractivity contribution >= 4 is 44.9 Å². The third-order valence-corrected chi connectivity index (χ3v) is 3.17. The summed E-state index contributed by atoms with van der Waals surface area (Å²) in [6, 6.07) is 0.762. The zero-order valence-electron chi connectivity index (χ0n) is 6.77. The Labute approximate surface area is 95.7 Å². The molecule has 80 valence electrons. The van der Waals surface area contributed by atoms with Gasteiger partial charge in [0.1, 0.15) is 5.69 Å². The normalized spacial score (nSPS) is 12.3. The summed E-state index contributed by atoms with van der Waals surface area (Å²) < 4.78 is 37.4. The van der Waals surface area contributed by atoms with E-state index in [1.165, 1.54) is 0 Å². The summed E-state index contributed by atoms with van der Waals surface area (Å²) in [5.74, 6) is 0. The van der Waals surface area contributed by atoms with E-state index in [0.717, 1.165) is 17.4 Å². The van der Waals surface area contributed by atoms with Crippen LogP contribution >= 0.6 is 34.5 Å². The molecule has 0 fully saturated rings. The van der Waals surface area contributed by atoms with Gasteiger partial charge in [-0.3, -0.25) is 0 Å². The molecule has 0 amide bonds. The second-order valence-corrected chi connectivity index (χ2v) is 4.60. The van der Waals surface area contributed by atoms with E-state index in [1.807, 2.05) is 0 Å². The lowest BCUT2D eigenvalue weighted by molar-refractivity contribution is -0.140. The van der Waals surface area contributed by atoms with Crippen molar-refractivity contribution in [2.24, 2.45) is 0 Å². The van der Waals surface area contributed by atoms with Crippen molar-refractivity contribution in [3.8, 4) is 0 Å². The van der Waals surface area contributed by atoms with Crippen LogP contribution in [0.1, 0.15) is 5.69 Å². The van der Waals surface area contributed by atoms with Crippen LogP contribution in [0.5, 0.6) is 0 Å². The number of halogens is 5. The SMILES string of the molecule is FC(F)(F)c1cc(Cl)c2sc(Cl)nc2n1. The molecule has 0 radical (unpaired) electrons. The molecule has 0 N–H and O–H groups in total. The molecule has 0 aliphatic carbocycles. The van der Waals surface area contributed by atoms with Gasteiger partial charge in [-0.15, -0.1) is 0 Å². The Bertz CT molecular complexity index is 523. The van der Waals surface area contributed by atoms with E-state index in [0.29, 0.717) is 4.70 Å². The van der Waals surface area contributed by atoms with Crippen LogP contribution in [0.15, 0.2) is 6.07 Å². The average Bonchev–Trinajstić information content (AvgIpc) is 2.44. The van der Waals surface area contributed by atoms with Gasteiger partial charge in [-0.2, -0.15) is 13.2 Å². The molecular formula is C7HCl2F3N2S. The maximum absolute atomic E-state index is 12.3. The van der Waals surface area contributed by atoms with Crippen molar-refractivity contribution in [3.63, 3.8) is 0 Å². The largest absolute Gasteiger partial charge is 0.433 e. The van der Waals surface area contributed by atoms with Gasteiger partial charge in [0, 0.05) is 0 Å². The number of nitrogens with zero attached hydrogens (tertiary/aromatic N) is 2. The van der Waals surface area contributed by atoms with E-state index in [-0.39, 0.29) is 15.1 Å². The van der Waals surface area contributed by atoms with Crippen LogP contribution < -0.4 is 0 Å². The highest BCUT2D eigenvalue weighted by atomic mass is 35.5. The van der Waals surface area contributed by atoms with Gasteiger partial charge in [0.15, 0.2) is 10.1 Å². The summed E-state index contributed by atoms with van der Waals surface area (Å²) in [4.78, 5) is 6.97. The summed E-state index contributed by atoms with van der Waals surface area (Å²) in [6.45, 7) is 0. The van der Waals surface area contributed by atoms with Gasteiger partial charge >= 0.3 is 6.18 Å². The van der Waals surface area contributed by atoms with E-state index in [4.69, 9.17) is 23.2 Å². The third kappa shape index (κ3) is 2.02. The van der Waals surface area contributed by atoms with Gasteiger partial charge in [0.25, 0.3) is 0 Å². The minimum atomic E-state index is -4.53. The number of thiazole rings is 1. The first-order valence-electron chi connectivity index (χ1n) is 3.57. The van der Waals surface area contributed by atoms with Crippen molar-refractivity contribution in [3.05, 3.63) is 21.2 Å². The number of fused-ring (bicyclic) bond motifs is 1. The molecule has 2 nitrogen and oxygen atoms in total. The molecule has 0 spiro atoms. The first-order valence-corrected chi connectivity index (χ1v) is 5.15. The molecule has 2 aromatic rings. The molecule has 2 aromatic heterocycles. The van der Waals surface area contributed by atoms with Crippen molar-refractivity contribution < 1.29 is 13.2 Å². The predicted molar refractivity (Wildman–Crippen MR) is 52.4 cm³/mol. The molecular weight excluding hydrogens is 272 g/mol. The van der Waals surface area contributed by atoms with Crippen LogP contribution in [0.4, 0.5) is 13.2 Å². The molecule has 0 saturated carbocycles. The molecule has 2 heterocycles. The lowest BCUT2D eigenvalue weighted by Gasteiger charge is -2.05. The number of alkyl halides is 3. The molecule has 0 aliphatic rings. The predicted octanol–water partition coefficient (Wildman–Crippen LogP) is 4.02. The lowest BCUT2D eigenvalue weighted by Crippen LogP contribution is -2.07. The van der Waals surface area contributed by atoms with Crippen LogP contribution in [0.25, 0.3) is 10.3 Å². The Morgan fingerprint density at radius 3 is 2.47 bits per heavy atom. The van der Waals surface area contributed by atoms with Gasteiger partial charge < -0.3 is 0 Å². The highest BCUT2D eigenvalue weighted by Gasteiger charge is 2.33. The fourth-order valence-electron chi connectivity index (χ4n) is 0.995. The van der Waals surface area contributed by atoms with Crippen LogP contribution in [-0.2, 0) is 6.18 Å². The van der Waals surface area contributed by atoms with Crippen molar-refractivity contribution in [1.82, 2.24) is 9.97 Å². The van der Waals surface area contributed by atoms with E-state index >= 15 is 0 Å². The molecule has 0 unspecified atom stereocenters. The van der Waals surface area contributed by atoms with Crippen molar-refractivity contribution in [1.29, 1.82) is 0 Å². The Kier molecular flexibility index (Phi) is 2.52. The van der Waals surface area contributed by atoms with Gasteiger partial charge in [-0.1, -0.05) is 34.5 Å². The second kappa shape index (κ2) is 3.47. The first kappa shape index (κ1) is 10.9. The smallest absolute Gasteiger partial charge is 0.223 e. The minimum Gasteiger partial charge on any atom is -0.223 e. The number of aromatic nitrogens is 2. The average molecular weight is 273 g/mol. The molecule has 0 saturated heterocycles. The summed E-state index contributed by atoms with van der Waals surface area (Å²) in [5, 5.41) is -0.0447. The van der Waals surface area contributed by atoms with Crippen LogP contribution in [0.2, 0.25) is 9.49 Å². The minimum absolute atomic E-state index is 0.0447. The lowest BCUT2D eigenvalue weighted by atomic mass is 10.3. The van der Waals surface area contributed by atoms with Crippen LogP contribution in [0, 0.1) is 0 Å². The van der Waals surface area contributed by atoms with E-state index in [1.54, 1.807) is 0 Å². The molecule has 0 aliphatic heterocycles. The molecule has 0 bridgehead atoms. The van der Waals surface area contributed by atoms with Gasteiger partial charge in [0.2, 0.25) is 0 Å². The van der Waals surface area contributed by atoms with Crippen LogP contribution in [0.3, 0.4) is 0 Å². The maximum atomic E-state index is 12.3. The Balaban J connectivity index is 2.72. The molecule has 0 atom stereocenters. The molecule has 0 aromatic carbocycles. The van der Waals surface area contributed by atoms with Crippen molar-refractivity contribution in [2.75, 3.05) is 0 Å². The fraction of sp³-hybridized carbons (Fsp3) is 0.143. The molecule has 15 heavy (non-hydrogen) atoms. The maximum Gasteiger partial charge on any atom is 0.433 e. The van der Waals surface area contributed by atoms with Crippen LogP contribution in [-0.4, -0.2) is 9.97 Å². The first-order chi connectivity index (χ1) is 6.88. The number of rotatable bonds is 0. The van der Waals surface area contributed by atoms with Gasteiger partial charge in [-0.25, -0.2) is 9.97 Å². The second-order valence-electron chi connectivity index (χ2n) is 2.61. The highest BCUT2D eigenvalue weighted by molar-refractivity contribution is 7.22. The molecule has 2 rings (SSSR count). The highest BCUT2D eigenvalue weighted by Crippen LogP contribution is 2.35. The Morgan fingerprint density at radius 1 is 1.20 bits per heavy atom. The summed E-state index contributed by atoms with van der Waals surface area (Å²) >= 11 is 12.2. The van der Waals surface area contributed by atoms with Gasteiger partial charge in [-0.05, 0) is 6.07 Å². The van der Waals surface area contributed by atoms with Gasteiger partial charge in [0.05, 0.1) is 9.72 Å². The molecule has 8 heteroatoms. The van der Waals surface area contributed by atoms with E-state index < -0.39 is 11.9 Å². The number of hydrogen-bond donors (Lipinski definition) is 0. The summed E-state index contributed by atoms with van der Waals surface area (Å²) in [6.07, 6.45) is -4.53. The zero-order chi connectivity index (χ0) is 11.2. The topological polar surface area (TPSA) is 25.8 Å². The number of hydrogen-bond acceptors (Lipinski definition) is 3. The number of pyridine rings is 1. The quantitative estimate of drug-likeness (QED) is 0.724. The Hall–Kier alpha value is -0.590. The third-order valence-electron chi connectivity index (χ3n) is 1.58. The summed E-state index contributed by atoms with van der Waals surface area (Å²) in [5.41, 5.74) is -1.15. The Morgan fingerprint density at radius 2 is 1.87 bits per heavy atom. The summed E-state index contributed by atoms with van der Waals surface area (Å²) in [7, 11) is 0. The zero-order valence-corrected chi connectivity index (χ0v) is 9.10. The van der Waals surface area contributed by atoms with E-state index in [2.05, 4.69) is 9.97 Å².